The van der Waals surface area contributed by atoms with Gasteiger partial charge in [0.25, 0.3) is 0 Å². The fourth-order valence-electron chi connectivity index (χ4n) is 2.68. The lowest BCUT2D eigenvalue weighted by molar-refractivity contribution is -0.155. The summed E-state index contributed by atoms with van der Waals surface area (Å²) in [6.45, 7) is 5.57. The Hall–Kier alpha value is -2.13. The summed E-state index contributed by atoms with van der Waals surface area (Å²) in [5.74, 6) is -0.315. The molecule has 0 radical (unpaired) electrons. The third-order valence-electron chi connectivity index (χ3n) is 3.97. The Balaban J connectivity index is 2.07. The van der Waals surface area contributed by atoms with Crippen LogP contribution in [0, 0.1) is 5.41 Å². The highest BCUT2D eigenvalue weighted by molar-refractivity contribution is 6.30. The summed E-state index contributed by atoms with van der Waals surface area (Å²) in [6.07, 6.45) is 0.460. The van der Waals surface area contributed by atoms with Crippen molar-refractivity contribution < 1.29 is 14.3 Å². The highest BCUT2D eigenvalue weighted by Gasteiger charge is 2.31. The van der Waals surface area contributed by atoms with Gasteiger partial charge in [-0.3, -0.25) is 9.59 Å². The molecule has 2 aromatic rings. The lowest BCUT2D eigenvalue weighted by Gasteiger charge is -2.21. The molecule has 0 unspecified atom stereocenters. The van der Waals surface area contributed by atoms with Crippen molar-refractivity contribution in [3.05, 3.63) is 59.1 Å². The number of rotatable bonds is 7. The molecule has 0 aliphatic carbocycles. The molecular weight excluding hydrogens is 336 g/mol. The van der Waals surface area contributed by atoms with Crippen molar-refractivity contribution in [3.8, 4) is 11.1 Å². The van der Waals surface area contributed by atoms with Gasteiger partial charge in [0, 0.05) is 17.9 Å². The summed E-state index contributed by atoms with van der Waals surface area (Å²) in [6, 6.07) is 15.4. The molecule has 0 bridgehead atoms. The van der Waals surface area contributed by atoms with E-state index in [9.17, 15) is 9.59 Å². The lowest BCUT2D eigenvalue weighted by atomic mass is 9.85. The number of hydrogen-bond donors (Lipinski definition) is 0. The van der Waals surface area contributed by atoms with Gasteiger partial charge in [0.15, 0.2) is 0 Å². The second-order valence-corrected chi connectivity index (χ2v) is 7.14. The average Bonchev–Trinajstić information content (AvgIpc) is 2.55. The minimum atomic E-state index is -0.805. The van der Waals surface area contributed by atoms with Gasteiger partial charge in [0.05, 0.1) is 12.0 Å². The fraction of sp³-hybridized carbons (Fsp3) is 0.333. The van der Waals surface area contributed by atoms with Crippen LogP contribution in [0.5, 0.6) is 0 Å². The number of esters is 1. The number of carbonyl (C=O) groups is 2. The van der Waals surface area contributed by atoms with Crippen LogP contribution in [0.2, 0.25) is 5.02 Å². The topological polar surface area (TPSA) is 43.4 Å². The van der Waals surface area contributed by atoms with Crippen LogP contribution in [0.3, 0.4) is 0 Å². The van der Waals surface area contributed by atoms with Crippen molar-refractivity contribution in [3.63, 3.8) is 0 Å². The molecule has 132 valence electrons. The van der Waals surface area contributed by atoms with E-state index in [2.05, 4.69) is 0 Å². The molecule has 2 rings (SSSR count). The van der Waals surface area contributed by atoms with Gasteiger partial charge in [-0.15, -0.1) is 0 Å². The van der Waals surface area contributed by atoms with Gasteiger partial charge in [0.1, 0.15) is 5.78 Å². The number of halogens is 1. The third kappa shape index (κ3) is 5.43. The van der Waals surface area contributed by atoms with E-state index in [0.29, 0.717) is 18.1 Å². The monoisotopic (exact) mass is 358 g/mol. The number of benzene rings is 2. The molecule has 0 fully saturated rings. The van der Waals surface area contributed by atoms with E-state index >= 15 is 0 Å². The predicted molar refractivity (Wildman–Crippen MR) is 101 cm³/mol. The molecule has 0 spiro atoms. The minimum Gasteiger partial charge on any atom is -0.466 e. The van der Waals surface area contributed by atoms with Crippen LogP contribution in [0.1, 0.15) is 32.8 Å². The Morgan fingerprint density at radius 1 is 1.04 bits per heavy atom. The van der Waals surface area contributed by atoms with Gasteiger partial charge in [-0.1, -0.05) is 48.0 Å². The van der Waals surface area contributed by atoms with Crippen LogP contribution in [0.15, 0.2) is 48.5 Å². The van der Waals surface area contributed by atoms with Gasteiger partial charge < -0.3 is 4.74 Å². The van der Waals surface area contributed by atoms with Crippen molar-refractivity contribution >= 4 is 23.4 Å². The van der Waals surface area contributed by atoms with Crippen LogP contribution in [-0.2, 0) is 20.7 Å². The molecular formula is C21H23ClO3. The number of Topliss-reactive ketones (excluding diaryl/α,β-unsaturated/α-hetero) is 1. The molecule has 4 heteroatoms. The molecule has 25 heavy (non-hydrogen) atoms. The first kappa shape index (κ1) is 19.2. The smallest absolute Gasteiger partial charge is 0.311 e. The van der Waals surface area contributed by atoms with E-state index in [-0.39, 0.29) is 18.2 Å². The number of ether oxygens (including phenoxy) is 1. The summed E-state index contributed by atoms with van der Waals surface area (Å²) >= 11 is 5.93. The largest absolute Gasteiger partial charge is 0.466 e. The molecule has 0 aromatic heterocycles. The maximum absolute atomic E-state index is 12.4. The van der Waals surface area contributed by atoms with Gasteiger partial charge in [-0.2, -0.15) is 0 Å². The van der Waals surface area contributed by atoms with E-state index in [4.69, 9.17) is 16.3 Å². The van der Waals surface area contributed by atoms with Crippen molar-refractivity contribution in [2.45, 2.75) is 33.6 Å². The first-order chi connectivity index (χ1) is 11.8. The average molecular weight is 359 g/mol. The molecule has 0 saturated carbocycles. The van der Waals surface area contributed by atoms with Crippen LogP contribution in [0.25, 0.3) is 11.1 Å². The van der Waals surface area contributed by atoms with Crippen molar-refractivity contribution in [1.82, 2.24) is 0 Å². The molecule has 3 nitrogen and oxygen atoms in total. The second-order valence-electron chi connectivity index (χ2n) is 6.70. The van der Waals surface area contributed by atoms with E-state index in [1.807, 2.05) is 48.5 Å². The van der Waals surface area contributed by atoms with Crippen LogP contribution >= 0.6 is 11.6 Å². The number of ketones is 1. The van der Waals surface area contributed by atoms with Gasteiger partial charge in [0.2, 0.25) is 0 Å². The number of hydrogen-bond acceptors (Lipinski definition) is 3. The highest BCUT2D eigenvalue weighted by atomic mass is 35.5. The maximum atomic E-state index is 12.4. The highest BCUT2D eigenvalue weighted by Crippen LogP contribution is 2.25. The van der Waals surface area contributed by atoms with Gasteiger partial charge in [-0.25, -0.2) is 0 Å². The Bertz CT molecular complexity index is 748. The lowest BCUT2D eigenvalue weighted by Crippen LogP contribution is -2.30. The minimum absolute atomic E-state index is 0.0197. The molecule has 0 N–H and O–H groups in total. The first-order valence-electron chi connectivity index (χ1n) is 8.35. The van der Waals surface area contributed by atoms with Crippen molar-refractivity contribution in [2.75, 3.05) is 6.61 Å². The molecule has 0 amide bonds. The Kier molecular flexibility index (Phi) is 6.38. The molecule has 0 atom stereocenters. The SMILES string of the molecule is CCOC(=O)C(C)(C)CC(=O)Cc1cccc(-c2ccc(Cl)cc2)c1. The Morgan fingerprint density at radius 2 is 1.72 bits per heavy atom. The quantitative estimate of drug-likeness (QED) is 0.647. The summed E-state index contributed by atoms with van der Waals surface area (Å²) in [7, 11) is 0. The zero-order valence-electron chi connectivity index (χ0n) is 14.8. The zero-order valence-corrected chi connectivity index (χ0v) is 15.6. The molecule has 0 heterocycles. The van der Waals surface area contributed by atoms with Crippen molar-refractivity contribution in [2.24, 2.45) is 5.41 Å². The van der Waals surface area contributed by atoms with E-state index in [1.54, 1.807) is 20.8 Å². The van der Waals surface area contributed by atoms with E-state index in [0.717, 1.165) is 16.7 Å². The number of carbonyl (C=O) groups excluding carboxylic acids is 2. The Labute approximate surface area is 154 Å². The summed E-state index contributed by atoms with van der Waals surface area (Å²) in [5, 5.41) is 0.691. The van der Waals surface area contributed by atoms with Gasteiger partial charge in [-0.05, 0) is 49.6 Å². The molecule has 0 saturated heterocycles. The second kappa shape index (κ2) is 8.30. The third-order valence-corrected chi connectivity index (χ3v) is 4.22. The molecule has 0 aliphatic heterocycles. The van der Waals surface area contributed by atoms with E-state index in [1.165, 1.54) is 0 Å². The fourth-order valence-corrected chi connectivity index (χ4v) is 2.81. The van der Waals surface area contributed by atoms with Crippen LogP contribution < -0.4 is 0 Å². The molecule has 2 aromatic carbocycles. The summed E-state index contributed by atoms with van der Waals surface area (Å²) < 4.78 is 5.04. The predicted octanol–water partition coefficient (Wildman–Crippen LogP) is 5.10. The normalized spacial score (nSPS) is 11.2. The summed E-state index contributed by atoms with van der Waals surface area (Å²) in [4.78, 5) is 24.3. The standard InChI is InChI=1S/C21H23ClO3/c1-4-25-20(24)21(2,3)14-19(23)13-15-6-5-7-17(12-15)16-8-10-18(22)11-9-16/h5-12H,4,13-14H2,1-3H3. The summed E-state index contributed by atoms with van der Waals surface area (Å²) in [5.41, 5.74) is 2.20. The first-order valence-corrected chi connectivity index (χ1v) is 8.73. The Morgan fingerprint density at radius 3 is 2.36 bits per heavy atom. The maximum Gasteiger partial charge on any atom is 0.311 e. The van der Waals surface area contributed by atoms with E-state index < -0.39 is 5.41 Å². The molecule has 0 aliphatic rings. The van der Waals surface area contributed by atoms with Crippen LogP contribution in [0.4, 0.5) is 0 Å². The zero-order chi connectivity index (χ0) is 18.4. The van der Waals surface area contributed by atoms with Crippen molar-refractivity contribution in [1.29, 1.82) is 0 Å². The van der Waals surface area contributed by atoms with Crippen LogP contribution in [-0.4, -0.2) is 18.4 Å². The van der Waals surface area contributed by atoms with Gasteiger partial charge >= 0.3 is 5.97 Å².